The van der Waals surface area contributed by atoms with Gasteiger partial charge in [-0.05, 0) is 36.2 Å². The third-order valence-electron chi connectivity index (χ3n) is 4.47. The number of hydrogen-bond acceptors (Lipinski definition) is 4. The SMILES string of the molecule is Cc1c(-c2ccccc2)sc2ncn(CC(=O)Nc3cc(Cl)ccc3Cl)c(=O)c12. The molecule has 4 aromatic rings. The molecule has 146 valence electrons. The Labute approximate surface area is 180 Å². The van der Waals surface area contributed by atoms with E-state index in [0.717, 1.165) is 16.0 Å². The molecule has 0 saturated carbocycles. The molecule has 1 amide bonds. The van der Waals surface area contributed by atoms with Crippen LogP contribution in [0.5, 0.6) is 0 Å². The molecular formula is C21H15Cl2N3O2S. The third-order valence-corrected chi connectivity index (χ3v) is 6.28. The van der Waals surface area contributed by atoms with Crippen LogP contribution in [0.15, 0.2) is 59.7 Å². The Hall–Kier alpha value is -2.67. The van der Waals surface area contributed by atoms with Crippen molar-refractivity contribution in [2.45, 2.75) is 13.5 Å². The van der Waals surface area contributed by atoms with E-state index in [9.17, 15) is 9.59 Å². The van der Waals surface area contributed by atoms with Crippen LogP contribution in [0.4, 0.5) is 5.69 Å². The summed E-state index contributed by atoms with van der Waals surface area (Å²) in [6.07, 6.45) is 1.40. The summed E-state index contributed by atoms with van der Waals surface area (Å²) in [5, 5.41) is 4.03. The number of aromatic nitrogens is 2. The number of hydrogen-bond donors (Lipinski definition) is 1. The number of carbonyl (C=O) groups excluding carboxylic acids is 1. The topological polar surface area (TPSA) is 64.0 Å². The Morgan fingerprint density at radius 2 is 1.93 bits per heavy atom. The minimum atomic E-state index is -0.395. The summed E-state index contributed by atoms with van der Waals surface area (Å²) >= 11 is 13.5. The van der Waals surface area contributed by atoms with Crippen molar-refractivity contribution in [3.63, 3.8) is 0 Å². The molecule has 0 aliphatic rings. The Kier molecular flexibility index (Phi) is 5.41. The number of aryl methyl sites for hydroxylation is 1. The highest BCUT2D eigenvalue weighted by atomic mass is 35.5. The van der Waals surface area contributed by atoms with Gasteiger partial charge in [0.05, 0.1) is 22.4 Å². The van der Waals surface area contributed by atoms with Gasteiger partial charge in [-0.25, -0.2) is 4.98 Å². The predicted molar refractivity (Wildman–Crippen MR) is 119 cm³/mol. The van der Waals surface area contributed by atoms with Gasteiger partial charge in [-0.3, -0.25) is 14.2 Å². The van der Waals surface area contributed by atoms with Crippen LogP contribution in [0.3, 0.4) is 0 Å². The minimum absolute atomic E-state index is 0.180. The molecule has 8 heteroatoms. The second-order valence-electron chi connectivity index (χ2n) is 6.45. The fourth-order valence-electron chi connectivity index (χ4n) is 3.07. The molecule has 1 N–H and O–H groups in total. The van der Waals surface area contributed by atoms with E-state index in [4.69, 9.17) is 23.2 Å². The molecule has 29 heavy (non-hydrogen) atoms. The molecule has 0 fully saturated rings. The summed E-state index contributed by atoms with van der Waals surface area (Å²) in [5.74, 6) is -0.395. The number of anilines is 1. The number of thiophene rings is 1. The maximum atomic E-state index is 13.0. The lowest BCUT2D eigenvalue weighted by Crippen LogP contribution is -2.28. The molecule has 0 unspecified atom stereocenters. The number of halogens is 2. The van der Waals surface area contributed by atoms with E-state index >= 15 is 0 Å². The monoisotopic (exact) mass is 443 g/mol. The maximum absolute atomic E-state index is 13.0. The van der Waals surface area contributed by atoms with Gasteiger partial charge in [0.25, 0.3) is 5.56 Å². The second kappa shape index (κ2) is 7.99. The van der Waals surface area contributed by atoms with Crippen molar-refractivity contribution in [1.29, 1.82) is 0 Å². The molecule has 0 saturated heterocycles. The van der Waals surface area contributed by atoms with Gasteiger partial charge in [0.2, 0.25) is 5.91 Å². The lowest BCUT2D eigenvalue weighted by molar-refractivity contribution is -0.116. The van der Waals surface area contributed by atoms with Gasteiger partial charge < -0.3 is 5.32 Å². The fraction of sp³-hybridized carbons (Fsp3) is 0.0952. The Bertz CT molecular complexity index is 1280. The molecule has 2 aromatic carbocycles. The zero-order chi connectivity index (χ0) is 20.5. The van der Waals surface area contributed by atoms with Gasteiger partial charge in [-0.1, -0.05) is 53.5 Å². The highest BCUT2D eigenvalue weighted by Gasteiger charge is 2.17. The first-order chi connectivity index (χ1) is 13.9. The summed E-state index contributed by atoms with van der Waals surface area (Å²) in [6, 6.07) is 14.6. The van der Waals surface area contributed by atoms with E-state index in [1.54, 1.807) is 18.2 Å². The van der Waals surface area contributed by atoms with Crippen LogP contribution in [0.25, 0.3) is 20.7 Å². The van der Waals surface area contributed by atoms with Crippen LogP contribution in [-0.2, 0) is 11.3 Å². The second-order valence-corrected chi connectivity index (χ2v) is 8.30. The Morgan fingerprint density at radius 1 is 1.17 bits per heavy atom. The highest BCUT2D eigenvalue weighted by Crippen LogP contribution is 2.35. The van der Waals surface area contributed by atoms with E-state index in [1.807, 2.05) is 37.3 Å². The van der Waals surface area contributed by atoms with Crippen LogP contribution >= 0.6 is 34.5 Å². The van der Waals surface area contributed by atoms with Crippen molar-refractivity contribution in [2.75, 3.05) is 5.32 Å². The zero-order valence-electron chi connectivity index (χ0n) is 15.3. The number of nitrogens with zero attached hydrogens (tertiary/aromatic N) is 2. The number of carbonyl (C=O) groups is 1. The number of rotatable bonds is 4. The summed E-state index contributed by atoms with van der Waals surface area (Å²) in [6.45, 7) is 1.72. The van der Waals surface area contributed by atoms with Gasteiger partial charge in [0.1, 0.15) is 11.4 Å². The summed E-state index contributed by atoms with van der Waals surface area (Å²) in [4.78, 5) is 31.5. The molecule has 2 heterocycles. The number of benzene rings is 2. The van der Waals surface area contributed by atoms with E-state index in [0.29, 0.717) is 25.9 Å². The average molecular weight is 444 g/mol. The molecule has 0 aliphatic heterocycles. The molecule has 0 aliphatic carbocycles. The lowest BCUT2D eigenvalue weighted by Gasteiger charge is -2.09. The summed E-state index contributed by atoms with van der Waals surface area (Å²) in [7, 11) is 0. The van der Waals surface area contributed by atoms with Crippen LogP contribution in [-0.4, -0.2) is 15.5 Å². The van der Waals surface area contributed by atoms with E-state index in [1.165, 1.54) is 22.2 Å². The number of amides is 1. The first-order valence-electron chi connectivity index (χ1n) is 8.73. The molecule has 0 bridgehead atoms. The van der Waals surface area contributed by atoms with Gasteiger partial charge in [0.15, 0.2) is 0 Å². The third kappa shape index (κ3) is 3.92. The fourth-order valence-corrected chi connectivity index (χ4v) is 4.56. The van der Waals surface area contributed by atoms with E-state index in [-0.39, 0.29) is 12.1 Å². The Balaban J connectivity index is 1.66. The smallest absolute Gasteiger partial charge is 0.262 e. The van der Waals surface area contributed by atoms with Gasteiger partial charge in [0, 0.05) is 9.90 Å². The molecular weight excluding hydrogens is 429 g/mol. The van der Waals surface area contributed by atoms with Crippen molar-refractivity contribution in [3.8, 4) is 10.4 Å². The van der Waals surface area contributed by atoms with Crippen LogP contribution in [0.1, 0.15) is 5.56 Å². The number of fused-ring (bicyclic) bond motifs is 1. The standard InChI is InChI=1S/C21H15Cl2N3O2S/c1-12-18-20(29-19(12)13-5-3-2-4-6-13)24-11-26(21(18)28)10-17(27)25-16-9-14(22)7-8-15(16)23/h2-9,11H,10H2,1H3,(H,25,27). The zero-order valence-corrected chi connectivity index (χ0v) is 17.6. The predicted octanol–water partition coefficient (Wildman–Crippen LogP) is 5.38. The first-order valence-corrected chi connectivity index (χ1v) is 10.3. The maximum Gasteiger partial charge on any atom is 0.262 e. The molecule has 5 nitrogen and oxygen atoms in total. The van der Waals surface area contributed by atoms with Crippen LogP contribution in [0, 0.1) is 6.92 Å². The average Bonchev–Trinajstić information content (AvgIpc) is 3.05. The minimum Gasteiger partial charge on any atom is -0.323 e. The van der Waals surface area contributed by atoms with Crippen molar-refractivity contribution in [1.82, 2.24) is 9.55 Å². The van der Waals surface area contributed by atoms with Crippen LogP contribution < -0.4 is 10.9 Å². The molecule has 0 radical (unpaired) electrons. The first kappa shape index (κ1) is 19.6. The molecule has 0 spiro atoms. The van der Waals surface area contributed by atoms with E-state index in [2.05, 4.69) is 10.3 Å². The lowest BCUT2D eigenvalue weighted by atomic mass is 10.1. The quantitative estimate of drug-likeness (QED) is 0.460. The van der Waals surface area contributed by atoms with Crippen molar-refractivity contribution in [3.05, 3.63) is 80.8 Å². The number of nitrogens with one attached hydrogen (secondary N) is 1. The normalized spacial score (nSPS) is 11.0. The summed E-state index contributed by atoms with van der Waals surface area (Å²) < 4.78 is 1.30. The van der Waals surface area contributed by atoms with Crippen molar-refractivity contribution < 1.29 is 4.79 Å². The van der Waals surface area contributed by atoms with Gasteiger partial charge in [-0.2, -0.15) is 0 Å². The largest absolute Gasteiger partial charge is 0.323 e. The van der Waals surface area contributed by atoms with Gasteiger partial charge in [-0.15, -0.1) is 11.3 Å². The molecule has 0 atom stereocenters. The molecule has 2 aromatic heterocycles. The molecule has 4 rings (SSSR count). The Morgan fingerprint density at radius 3 is 2.69 bits per heavy atom. The van der Waals surface area contributed by atoms with E-state index < -0.39 is 5.91 Å². The van der Waals surface area contributed by atoms with Crippen LogP contribution in [0.2, 0.25) is 10.0 Å². The van der Waals surface area contributed by atoms with Crippen molar-refractivity contribution >= 4 is 56.3 Å². The van der Waals surface area contributed by atoms with Crippen molar-refractivity contribution in [2.24, 2.45) is 0 Å². The highest BCUT2D eigenvalue weighted by molar-refractivity contribution is 7.22. The van der Waals surface area contributed by atoms with Gasteiger partial charge >= 0.3 is 0 Å². The summed E-state index contributed by atoms with van der Waals surface area (Å²) in [5.41, 5.74) is 2.04.